The second-order valence-corrected chi connectivity index (χ2v) is 9.47. The van der Waals surface area contributed by atoms with Gasteiger partial charge < -0.3 is 5.32 Å². The third kappa shape index (κ3) is 4.28. The van der Waals surface area contributed by atoms with Crippen molar-refractivity contribution in [3.05, 3.63) is 46.2 Å². The number of nitrogens with one attached hydrogen (secondary N) is 1. The number of benzene rings is 1. The van der Waals surface area contributed by atoms with E-state index >= 15 is 0 Å². The Bertz CT molecular complexity index is 881. The fourth-order valence-corrected chi connectivity index (χ4v) is 5.16. The fourth-order valence-electron chi connectivity index (χ4n) is 2.87. The lowest BCUT2D eigenvalue weighted by molar-refractivity contribution is -0.124. The molecule has 0 saturated carbocycles. The van der Waals surface area contributed by atoms with E-state index in [0.29, 0.717) is 19.4 Å². The zero-order valence-corrected chi connectivity index (χ0v) is 15.9. The molecule has 1 aliphatic rings. The van der Waals surface area contributed by atoms with E-state index in [2.05, 4.69) is 10.3 Å². The predicted molar refractivity (Wildman–Crippen MR) is 96.8 cm³/mol. The van der Waals surface area contributed by atoms with Crippen molar-refractivity contribution >= 4 is 27.3 Å². The van der Waals surface area contributed by atoms with E-state index in [1.54, 1.807) is 17.5 Å². The molecule has 0 aliphatic carbocycles. The highest BCUT2D eigenvalue weighted by Gasteiger charge is 2.35. The first-order chi connectivity index (χ1) is 12.4. The number of sulfonamides is 1. The third-order valence-corrected chi connectivity index (χ3v) is 7.13. The van der Waals surface area contributed by atoms with E-state index in [1.807, 2.05) is 6.92 Å². The van der Waals surface area contributed by atoms with Crippen LogP contribution in [-0.2, 0) is 21.2 Å². The molecule has 0 spiro atoms. The molecule has 1 atom stereocenters. The number of carbonyl (C=O) groups excluding carboxylic acids is 1. The Morgan fingerprint density at radius 2 is 2.12 bits per heavy atom. The van der Waals surface area contributed by atoms with Gasteiger partial charge in [0.15, 0.2) is 0 Å². The first-order valence-electron chi connectivity index (χ1n) is 8.31. The fraction of sp³-hybridized carbons (Fsp3) is 0.412. The molecule has 1 amide bonds. The SMILES string of the molecule is Cc1cnc(CCNC(=O)[C@H]2CCN(S(=O)(=O)c3ccc(F)cc3)C2)s1. The Balaban J connectivity index is 1.54. The number of carbonyl (C=O) groups is 1. The van der Waals surface area contributed by atoms with Crippen molar-refractivity contribution in [1.29, 1.82) is 0 Å². The normalized spacial score (nSPS) is 18.2. The monoisotopic (exact) mass is 397 g/mol. The van der Waals surface area contributed by atoms with Gasteiger partial charge in [-0.25, -0.2) is 17.8 Å². The molecule has 3 rings (SSSR count). The summed E-state index contributed by atoms with van der Waals surface area (Å²) in [6.07, 6.45) is 2.94. The van der Waals surface area contributed by atoms with Gasteiger partial charge in [-0.2, -0.15) is 4.31 Å². The first kappa shape index (κ1) is 18.9. The predicted octanol–water partition coefficient (Wildman–Crippen LogP) is 1.96. The van der Waals surface area contributed by atoms with Crippen LogP contribution in [0.3, 0.4) is 0 Å². The largest absolute Gasteiger partial charge is 0.355 e. The van der Waals surface area contributed by atoms with E-state index < -0.39 is 15.8 Å². The summed E-state index contributed by atoms with van der Waals surface area (Å²) in [7, 11) is -3.70. The number of hydrogen-bond donors (Lipinski definition) is 1. The van der Waals surface area contributed by atoms with E-state index in [0.717, 1.165) is 22.0 Å². The minimum absolute atomic E-state index is 0.0408. The van der Waals surface area contributed by atoms with Gasteiger partial charge in [-0.1, -0.05) is 0 Å². The molecule has 1 saturated heterocycles. The van der Waals surface area contributed by atoms with Gasteiger partial charge in [0.2, 0.25) is 15.9 Å². The standard InChI is InChI=1S/C17H20FN3O3S2/c1-12-10-20-16(25-12)6-8-19-17(22)13-7-9-21(11-13)26(23,24)15-4-2-14(18)3-5-15/h2-5,10,13H,6-9,11H2,1H3,(H,19,22)/t13-/m0/s1. The Morgan fingerprint density at radius 3 is 2.77 bits per heavy atom. The van der Waals surface area contributed by atoms with Gasteiger partial charge in [-0.05, 0) is 37.6 Å². The average molecular weight is 397 g/mol. The first-order valence-corrected chi connectivity index (χ1v) is 10.6. The van der Waals surface area contributed by atoms with E-state index in [1.165, 1.54) is 16.4 Å². The third-order valence-electron chi connectivity index (χ3n) is 4.28. The number of amides is 1. The van der Waals surface area contributed by atoms with Crippen molar-refractivity contribution in [2.45, 2.75) is 24.7 Å². The molecule has 1 N–H and O–H groups in total. The maximum atomic E-state index is 13.0. The molecule has 9 heteroatoms. The summed E-state index contributed by atoms with van der Waals surface area (Å²) >= 11 is 1.60. The Labute approximate surface area is 156 Å². The van der Waals surface area contributed by atoms with Gasteiger partial charge in [0.25, 0.3) is 0 Å². The van der Waals surface area contributed by atoms with Crippen LogP contribution in [-0.4, -0.2) is 43.2 Å². The number of halogens is 1. The summed E-state index contributed by atoms with van der Waals surface area (Å²) in [5, 5.41) is 3.83. The van der Waals surface area contributed by atoms with Crippen LogP contribution in [0, 0.1) is 18.7 Å². The van der Waals surface area contributed by atoms with Crippen LogP contribution < -0.4 is 5.32 Å². The highest BCUT2D eigenvalue weighted by Crippen LogP contribution is 2.24. The van der Waals surface area contributed by atoms with Crippen LogP contribution in [0.4, 0.5) is 4.39 Å². The molecule has 1 aliphatic heterocycles. The van der Waals surface area contributed by atoms with E-state index in [-0.39, 0.29) is 29.8 Å². The van der Waals surface area contributed by atoms with E-state index in [9.17, 15) is 17.6 Å². The van der Waals surface area contributed by atoms with Crippen molar-refractivity contribution in [3.63, 3.8) is 0 Å². The van der Waals surface area contributed by atoms with Crippen LogP contribution in [0.15, 0.2) is 35.4 Å². The highest BCUT2D eigenvalue weighted by atomic mass is 32.2. The van der Waals surface area contributed by atoms with Crippen molar-refractivity contribution in [2.24, 2.45) is 5.92 Å². The molecule has 1 aromatic heterocycles. The van der Waals surface area contributed by atoms with Crippen LogP contribution in [0.5, 0.6) is 0 Å². The molecule has 0 radical (unpaired) electrons. The molecule has 0 unspecified atom stereocenters. The van der Waals surface area contributed by atoms with Gasteiger partial charge in [-0.3, -0.25) is 4.79 Å². The number of nitrogens with zero attached hydrogens (tertiary/aromatic N) is 2. The average Bonchev–Trinajstić information content (AvgIpc) is 3.25. The smallest absolute Gasteiger partial charge is 0.243 e. The summed E-state index contributed by atoms with van der Waals surface area (Å²) < 4.78 is 39.4. The maximum Gasteiger partial charge on any atom is 0.243 e. The number of aryl methyl sites for hydroxylation is 1. The van der Waals surface area contributed by atoms with Gasteiger partial charge in [0.05, 0.1) is 15.8 Å². The molecule has 1 aromatic carbocycles. The molecule has 0 bridgehead atoms. The lowest BCUT2D eigenvalue weighted by Crippen LogP contribution is -2.35. The summed E-state index contributed by atoms with van der Waals surface area (Å²) in [6.45, 7) is 2.88. The van der Waals surface area contributed by atoms with Gasteiger partial charge >= 0.3 is 0 Å². The molecule has 2 heterocycles. The topological polar surface area (TPSA) is 79.4 Å². The van der Waals surface area contributed by atoms with Crippen LogP contribution in [0.2, 0.25) is 0 Å². The minimum Gasteiger partial charge on any atom is -0.355 e. The van der Waals surface area contributed by atoms with Crippen molar-refractivity contribution in [1.82, 2.24) is 14.6 Å². The quantitative estimate of drug-likeness (QED) is 0.808. The van der Waals surface area contributed by atoms with E-state index in [4.69, 9.17) is 0 Å². The molecule has 26 heavy (non-hydrogen) atoms. The van der Waals surface area contributed by atoms with Crippen LogP contribution in [0.25, 0.3) is 0 Å². The minimum atomic E-state index is -3.70. The molecular weight excluding hydrogens is 377 g/mol. The number of hydrogen-bond acceptors (Lipinski definition) is 5. The van der Waals surface area contributed by atoms with Crippen LogP contribution in [0.1, 0.15) is 16.3 Å². The van der Waals surface area contributed by atoms with Gasteiger partial charge in [-0.15, -0.1) is 11.3 Å². The molecule has 6 nitrogen and oxygen atoms in total. The van der Waals surface area contributed by atoms with Crippen LogP contribution >= 0.6 is 11.3 Å². The summed E-state index contributed by atoms with van der Waals surface area (Å²) in [5.41, 5.74) is 0. The maximum absolute atomic E-state index is 13.0. The number of aromatic nitrogens is 1. The van der Waals surface area contributed by atoms with Crippen molar-refractivity contribution in [3.8, 4) is 0 Å². The molecule has 1 fully saturated rings. The summed E-state index contributed by atoms with van der Waals surface area (Å²) in [6, 6.07) is 4.73. The Kier molecular flexibility index (Phi) is 5.69. The van der Waals surface area contributed by atoms with Crippen molar-refractivity contribution < 1.29 is 17.6 Å². The lowest BCUT2D eigenvalue weighted by Gasteiger charge is -2.16. The molecule has 140 valence electrons. The number of thiazole rings is 1. The van der Waals surface area contributed by atoms with Crippen molar-refractivity contribution in [2.75, 3.05) is 19.6 Å². The van der Waals surface area contributed by atoms with Gasteiger partial charge in [0, 0.05) is 37.1 Å². The zero-order valence-electron chi connectivity index (χ0n) is 14.3. The summed E-state index contributed by atoms with van der Waals surface area (Å²) in [5.74, 6) is -1.00. The molecular formula is C17H20FN3O3S2. The summed E-state index contributed by atoms with van der Waals surface area (Å²) in [4.78, 5) is 17.7. The van der Waals surface area contributed by atoms with Gasteiger partial charge in [0.1, 0.15) is 5.82 Å². The second kappa shape index (κ2) is 7.81. The number of rotatable bonds is 6. The zero-order chi connectivity index (χ0) is 18.7. The lowest BCUT2D eigenvalue weighted by atomic mass is 10.1. The second-order valence-electron chi connectivity index (χ2n) is 6.21. The Hall–Kier alpha value is -1.84. The Morgan fingerprint density at radius 1 is 1.38 bits per heavy atom. The molecule has 2 aromatic rings. The highest BCUT2D eigenvalue weighted by molar-refractivity contribution is 7.89.